The second-order valence-electron chi connectivity index (χ2n) is 2.74. The predicted molar refractivity (Wildman–Crippen MR) is 58.8 cm³/mol. The number of aliphatic hydroxyl groups is 1. The third kappa shape index (κ3) is 3.66. The molecule has 1 nitrogen and oxygen atoms in total. The van der Waals surface area contributed by atoms with Crippen LogP contribution in [-0.4, -0.2) is 5.11 Å². The smallest absolute Gasteiger partial charge is 0.0899 e. The lowest BCUT2D eigenvalue weighted by atomic mass is 10.1. The Kier molecular flexibility index (Phi) is 4.85. The maximum Gasteiger partial charge on any atom is 0.0899 e. The van der Waals surface area contributed by atoms with Crippen LogP contribution in [0.1, 0.15) is 18.1 Å². The minimum Gasteiger partial charge on any atom is -0.387 e. The molecule has 0 spiro atoms. The number of benzene rings is 1. The highest BCUT2D eigenvalue weighted by Crippen LogP contribution is 2.14. The van der Waals surface area contributed by atoms with Crippen molar-refractivity contribution in [3.63, 3.8) is 0 Å². The van der Waals surface area contributed by atoms with Gasteiger partial charge in [0.05, 0.1) is 6.10 Å². The molecule has 0 amide bonds. The highest BCUT2D eigenvalue weighted by molar-refractivity contribution is 6.25. The molecule has 1 N–H and O–H groups in total. The van der Waals surface area contributed by atoms with Gasteiger partial charge < -0.3 is 5.11 Å². The van der Waals surface area contributed by atoms with Gasteiger partial charge in [0, 0.05) is 12.0 Å². The number of halogens is 1. The molecule has 1 rings (SSSR count). The average Bonchev–Trinajstić information content (AvgIpc) is 2.25. The first-order valence-corrected chi connectivity index (χ1v) is 4.75. The molecule has 1 aromatic rings. The molecule has 14 heavy (non-hydrogen) atoms. The van der Waals surface area contributed by atoms with Crippen molar-refractivity contribution >= 4 is 11.6 Å². The minimum absolute atomic E-state index is 0.422. The first-order valence-electron chi connectivity index (χ1n) is 4.31. The van der Waals surface area contributed by atoms with E-state index in [-0.39, 0.29) is 0 Å². The topological polar surface area (TPSA) is 20.2 Å². The van der Waals surface area contributed by atoms with E-state index in [1.807, 2.05) is 30.3 Å². The van der Waals surface area contributed by atoms with E-state index < -0.39 is 6.10 Å². The van der Waals surface area contributed by atoms with Crippen molar-refractivity contribution in [2.75, 3.05) is 0 Å². The zero-order valence-corrected chi connectivity index (χ0v) is 8.41. The molecule has 0 aliphatic rings. The standard InChI is InChI=1S/C12H11ClO/c13-10-6-2-5-9-12(14)11-7-3-1-4-8-11/h1,3-4,6-8,10,12,14H,9H2/b10-6+. The molecular formula is C12H11ClO. The molecule has 1 atom stereocenters. The van der Waals surface area contributed by atoms with Gasteiger partial charge in [0.15, 0.2) is 0 Å². The van der Waals surface area contributed by atoms with E-state index in [4.69, 9.17) is 11.6 Å². The lowest BCUT2D eigenvalue weighted by Crippen LogP contribution is -1.94. The average molecular weight is 207 g/mol. The van der Waals surface area contributed by atoms with Crippen molar-refractivity contribution in [1.29, 1.82) is 0 Å². The van der Waals surface area contributed by atoms with Gasteiger partial charge >= 0.3 is 0 Å². The molecule has 0 aliphatic carbocycles. The molecule has 2 heteroatoms. The Bertz CT molecular complexity index is 346. The molecule has 72 valence electrons. The second kappa shape index (κ2) is 6.26. The van der Waals surface area contributed by atoms with Crippen LogP contribution in [0.2, 0.25) is 0 Å². The van der Waals surface area contributed by atoms with E-state index in [9.17, 15) is 5.11 Å². The summed E-state index contributed by atoms with van der Waals surface area (Å²) in [4.78, 5) is 0. The van der Waals surface area contributed by atoms with Crippen molar-refractivity contribution in [3.05, 3.63) is 47.5 Å². The number of allylic oxidation sites excluding steroid dienone is 1. The van der Waals surface area contributed by atoms with Crippen molar-refractivity contribution in [1.82, 2.24) is 0 Å². The van der Waals surface area contributed by atoms with E-state index in [1.165, 1.54) is 5.54 Å². The summed E-state index contributed by atoms with van der Waals surface area (Å²) >= 11 is 5.29. The first-order chi connectivity index (χ1) is 6.84. The van der Waals surface area contributed by atoms with Crippen LogP contribution >= 0.6 is 11.6 Å². The van der Waals surface area contributed by atoms with Crippen LogP contribution in [0.4, 0.5) is 0 Å². The first kappa shape index (κ1) is 10.8. The third-order valence-electron chi connectivity index (χ3n) is 1.73. The van der Waals surface area contributed by atoms with Crippen molar-refractivity contribution in [2.24, 2.45) is 0 Å². The van der Waals surface area contributed by atoms with Gasteiger partial charge in [-0.3, -0.25) is 0 Å². The lowest BCUT2D eigenvalue weighted by Gasteiger charge is -2.05. The molecule has 1 unspecified atom stereocenters. The summed E-state index contributed by atoms with van der Waals surface area (Å²) < 4.78 is 0. The molecule has 0 fully saturated rings. The quantitative estimate of drug-likeness (QED) is 0.738. The van der Waals surface area contributed by atoms with E-state index >= 15 is 0 Å². The van der Waals surface area contributed by atoms with Crippen LogP contribution in [0, 0.1) is 11.8 Å². The Morgan fingerprint density at radius 3 is 2.71 bits per heavy atom. The Labute approximate surface area is 89.0 Å². The number of hydrogen-bond donors (Lipinski definition) is 1. The molecule has 0 aromatic heterocycles. The predicted octanol–water partition coefficient (Wildman–Crippen LogP) is 2.87. The van der Waals surface area contributed by atoms with Gasteiger partial charge in [-0.05, 0) is 11.6 Å². The lowest BCUT2D eigenvalue weighted by molar-refractivity contribution is 0.184. The fraction of sp³-hybridized carbons (Fsp3) is 0.167. The van der Waals surface area contributed by atoms with Crippen LogP contribution < -0.4 is 0 Å². The van der Waals surface area contributed by atoms with Crippen LogP contribution in [0.25, 0.3) is 0 Å². The summed E-state index contributed by atoms with van der Waals surface area (Å²) in [5.74, 6) is 5.53. The highest BCUT2D eigenvalue weighted by atomic mass is 35.5. The van der Waals surface area contributed by atoms with Crippen LogP contribution in [0.15, 0.2) is 41.9 Å². The van der Waals surface area contributed by atoms with Crippen molar-refractivity contribution in [3.8, 4) is 11.8 Å². The second-order valence-corrected chi connectivity index (χ2v) is 3.00. The fourth-order valence-corrected chi connectivity index (χ4v) is 1.10. The molecule has 0 aliphatic heterocycles. The van der Waals surface area contributed by atoms with E-state index in [1.54, 1.807) is 6.08 Å². The summed E-state index contributed by atoms with van der Waals surface area (Å²) in [6.07, 6.45) is 1.44. The number of aliphatic hydroxyl groups excluding tert-OH is 1. The monoisotopic (exact) mass is 206 g/mol. The van der Waals surface area contributed by atoms with Crippen LogP contribution in [0.3, 0.4) is 0 Å². The van der Waals surface area contributed by atoms with Crippen molar-refractivity contribution in [2.45, 2.75) is 12.5 Å². The largest absolute Gasteiger partial charge is 0.387 e. The van der Waals surface area contributed by atoms with Gasteiger partial charge in [-0.1, -0.05) is 53.8 Å². The Balaban J connectivity index is 2.52. The molecule has 0 saturated heterocycles. The Hall–Kier alpha value is -1.23. The van der Waals surface area contributed by atoms with Gasteiger partial charge in [0.2, 0.25) is 0 Å². The van der Waals surface area contributed by atoms with Gasteiger partial charge in [0.25, 0.3) is 0 Å². The van der Waals surface area contributed by atoms with Crippen LogP contribution in [0.5, 0.6) is 0 Å². The molecule has 0 radical (unpaired) electrons. The maximum absolute atomic E-state index is 9.66. The normalized spacial score (nSPS) is 12.1. The molecular weight excluding hydrogens is 196 g/mol. The van der Waals surface area contributed by atoms with Gasteiger partial charge in [-0.2, -0.15) is 0 Å². The SMILES string of the molecule is OC(CC#C/C=C/Cl)c1ccccc1. The fourth-order valence-electron chi connectivity index (χ4n) is 1.04. The summed E-state index contributed by atoms with van der Waals surface area (Å²) in [7, 11) is 0. The van der Waals surface area contributed by atoms with Crippen molar-refractivity contribution < 1.29 is 5.11 Å². The molecule has 0 bridgehead atoms. The summed E-state index contributed by atoms with van der Waals surface area (Å²) in [5, 5.41) is 9.66. The van der Waals surface area contributed by atoms with E-state index in [0.717, 1.165) is 5.56 Å². The van der Waals surface area contributed by atoms with E-state index in [2.05, 4.69) is 11.8 Å². The molecule has 1 aromatic carbocycles. The Morgan fingerprint density at radius 1 is 1.36 bits per heavy atom. The Morgan fingerprint density at radius 2 is 2.07 bits per heavy atom. The van der Waals surface area contributed by atoms with Gasteiger partial charge in [-0.25, -0.2) is 0 Å². The number of hydrogen-bond acceptors (Lipinski definition) is 1. The highest BCUT2D eigenvalue weighted by Gasteiger charge is 2.03. The summed E-state index contributed by atoms with van der Waals surface area (Å²) in [5.41, 5.74) is 2.23. The summed E-state index contributed by atoms with van der Waals surface area (Å²) in [6, 6.07) is 9.46. The third-order valence-corrected chi connectivity index (χ3v) is 1.85. The zero-order chi connectivity index (χ0) is 10.2. The molecule has 0 saturated carbocycles. The summed E-state index contributed by atoms with van der Waals surface area (Å²) in [6.45, 7) is 0. The molecule has 0 heterocycles. The van der Waals surface area contributed by atoms with Gasteiger partial charge in [-0.15, -0.1) is 0 Å². The maximum atomic E-state index is 9.66. The van der Waals surface area contributed by atoms with Gasteiger partial charge in [0.1, 0.15) is 0 Å². The zero-order valence-electron chi connectivity index (χ0n) is 7.65. The number of rotatable bonds is 2. The van der Waals surface area contributed by atoms with Crippen LogP contribution in [-0.2, 0) is 0 Å². The minimum atomic E-state index is -0.521. The van der Waals surface area contributed by atoms with E-state index in [0.29, 0.717) is 6.42 Å².